The summed E-state index contributed by atoms with van der Waals surface area (Å²) in [6.45, 7) is 0.181. The van der Waals surface area contributed by atoms with Gasteiger partial charge in [-0.05, 0) is 37.1 Å². The predicted octanol–water partition coefficient (Wildman–Crippen LogP) is 2.31. The van der Waals surface area contributed by atoms with Crippen LogP contribution in [0.25, 0.3) is 5.82 Å². The minimum Gasteiger partial charge on any atom is -0.484 e. The molecule has 4 rings (SSSR count). The molecule has 0 spiro atoms. The Labute approximate surface area is 167 Å². The Morgan fingerprint density at radius 3 is 2.83 bits per heavy atom. The molecule has 2 aromatic heterocycles. The fourth-order valence-corrected chi connectivity index (χ4v) is 2.82. The van der Waals surface area contributed by atoms with Crippen LogP contribution in [0.4, 0.5) is 5.69 Å². The van der Waals surface area contributed by atoms with Crippen LogP contribution in [0.5, 0.6) is 5.75 Å². The third-order valence-electron chi connectivity index (χ3n) is 4.48. The highest BCUT2D eigenvalue weighted by molar-refractivity contribution is 5.94. The van der Waals surface area contributed by atoms with Crippen LogP contribution in [-0.4, -0.2) is 33.2 Å². The van der Waals surface area contributed by atoms with Crippen molar-refractivity contribution in [3.63, 3.8) is 0 Å². The van der Waals surface area contributed by atoms with Crippen molar-refractivity contribution in [3.8, 4) is 11.6 Å². The second-order valence-electron chi connectivity index (χ2n) is 6.79. The molecule has 1 aliphatic carbocycles. The van der Waals surface area contributed by atoms with E-state index in [2.05, 4.69) is 20.7 Å². The van der Waals surface area contributed by atoms with Gasteiger partial charge in [0.25, 0.3) is 5.91 Å². The molecule has 1 fully saturated rings. The quantitative estimate of drug-likeness (QED) is 0.614. The first-order valence-electron chi connectivity index (χ1n) is 9.43. The van der Waals surface area contributed by atoms with Gasteiger partial charge in [-0.25, -0.2) is 9.67 Å². The second kappa shape index (κ2) is 8.55. The van der Waals surface area contributed by atoms with E-state index < -0.39 is 0 Å². The topological polar surface area (TPSA) is 98.1 Å². The summed E-state index contributed by atoms with van der Waals surface area (Å²) in [6.07, 6.45) is 7.04. The zero-order valence-corrected chi connectivity index (χ0v) is 15.7. The van der Waals surface area contributed by atoms with Crippen molar-refractivity contribution in [2.24, 2.45) is 5.92 Å². The molecule has 0 radical (unpaired) electrons. The molecule has 0 unspecified atom stereocenters. The molecule has 2 amide bonds. The monoisotopic (exact) mass is 391 g/mol. The Hall–Kier alpha value is -3.68. The fourth-order valence-electron chi connectivity index (χ4n) is 2.82. The normalized spacial score (nSPS) is 13.0. The summed E-state index contributed by atoms with van der Waals surface area (Å²) < 4.78 is 7.21. The zero-order chi connectivity index (χ0) is 20.1. The molecule has 8 heteroatoms. The largest absolute Gasteiger partial charge is 0.484 e. The van der Waals surface area contributed by atoms with E-state index in [4.69, 9.17) is 4.74 Å². The average molecular weight is 391 g/mol. The SMILES string of the molecule is O=C(COc1cccc(NC(=O)C2CC2)c1)NCc1cccnc1-n1cccn1. The van der Waals surface area contributed by atoms with Gasteiger partial charge in [0.15, 0.2) is 12.4 Å². The molecule has 2 heterocycles. The highest BCUT2D eigenvalue weighted by atomic mass is 16.5. The van der Waals surface area contributed by atoms with E-state index in [1.165, 1.54) is 0 Å². The van der Waals surface area contributed by atoms with Crippen LogP contribution in [0.2, 0.25) is 0 Å². The second-order valence-corrected chi connectivity index (χ2v) is 6.79. The summed E-state index contributed by atoms with van der Waals surface area (Å²) in [5.74, 6) is 1.09. The van der Waals surface area contributed by atoms with Gasteiger partial charge < -0.3 is 15.4 Å². The molecule has 0 saturated heterocycles. The van der Waals surface area contributed by atoms with Gasteiger partial charge in [-0.2, -0.15) is 5.10 Å². The number of rotatable bonds is 8. The molecular formula is C21H21N5O3. The van der Waals surface area contributed by atoms with Crippen molar-refractivity contribution in [2.45, 2.75) is 19.4 Å². The van der Waals surface area contributed by atoms with E-state index in [-0.39, 0.29) is 24.3 Å². The van der Waals surface area contributed by atoms with Gasteiger partial charge in [0, 0.05) is 48.4 Å². The molecule has 0 atom stereocenters. The third kappa shape index (κ3) is 4.98. The Kier molecular flexibility index (Phi) is 5.51. The molecule has 0 bridgehead atoms. The molecule has 29 heavy (non-hydrogen) atoms. The number of nitrogens with one attached hydrogen (secondary N) is 2. The maximum absolute atomic E-state index is 12.2. The van der Waals surface area contributed by atoms with Crippen LogP contribution in [0.15, 0.2) is 61.1 Å². The number of carbonyl (C=O) groups excluding carboxylic acids is 2. The Balaban J connectivity index is 1.29. The number of amides is 2. The summed E-state index contributed by atoms with van der Waals surface area (Å²) in [5.41, 5.74) is 1.51. The Morgan fingerprint density at radius 1 is 1.14 bits per heavy atom. The van der Waals surface area contributed by atoms with Crippen molar-refractivity contribution >= 4 is 17.5 Å². The first kappa shape index (κ1) is 18.7. The van der Waals surface area contributed by atoms with Crippen molar-refractivity contribution in [3.05, 3.63) is 66.6 Å². The minimum atomic E-state index is -0.257. The number of ether oxygens (including phenoxy) is 1. The van der Waals surface area contributed by atoms with Gasteiger partial charge >= 0.3 is 0 Å². The van der Waals surface area contributed by atoms with Gasteiger partial charge in [-0.15, -0.1) is 0 Å². The number of pyridine rings is 1. The lowest BCUT2D eigenvalue weighted by Gasteiger charge is -2.11. The van der Waals surface area contributed by atoms with Gasteiger partial charge in [-0.1, -0.05) is 12.1 Å². The Morgan fingerprint density at radius 2 is 2.03 bits per heavy atom. The van der Waals surface area contributed by atoms with E-state index in [0.29, 0.717) is 23.8 Å². The molecule has 1 aliphatic rings. The molecule has 3 aromatic rings. The molecule has 148 valence electrons. The van der Waals surface area contributed by atoms with Crippen molar-refractivity contribution in [2.75, 3.05) is 11.9 Å². The summed E-state index contributed by atoms with van der Waals surface area (Å²) in [7, 11) is 0. The smallest absolute Gasteiger partial charge is 0.258 e. The molecule has 2 N–H and O–H groups in total. The number of anilines is 1. The van der Waals surface area contributed by atoms with Gasteiger partial charge in [0.05, 0.1) is 0 Å². The minimum absolute atomic E-state index is 0.0318. The van der Waals surface area contributed by atoms with Crippen molar-refractivity contribution in [1.82, 2.24) is 20.1 Å². The summed E-state index contributed by atoms with van der Waals surface area (Å²) in [5, 5.41) is 9.87. The predicted molar refractivity (Wildman–Crippen MR) is 106 cm³/mol. The number of carbonyl (C=O) groups is 2. The first-order chi connectivity index (χ1) is 14.2. The van der Waals surface area contributed by atoms with E-state index in [1.54, 1.807) is 47.5 Å². The lowest BCUT2D eigenvalue weighted by atomic mass is 10.2. The zero-order valence-electron chi connectivity index (χ0n) is 15.7. The highest BCUT2D eigenvalue weighted by Gasteiger charge is 2.29. The van der Waals surface area contributed by atoms with Crippen LogP contribution in [-0.2, 0) is 16.1 Å². The average Bonchev–Trinajstić information content (AvgIpc) is 3.46. The number of nitrogens with zero attached hydrogens (tertiary/aromatic N) is 3. The third-order valence-corrected chi connectivity index (χ3v) is 4.48. The summed E-state index contributed by atoms with van der Waals surface area (Å²) in [4.78, 5) is 28.4. The van der Waals surface area contributed by atoms with E-state index in [1.807, 2.05) is 18.2 Å². The van der Waals surface area contributed by atoms with Gasteiger partial charge in [-0.3, -0.25) is 9.59 Å². The molecule has 0 aliphatic heterocycles. The first-order valence-corrected chi connectivity index (χ1v) is 9.43. The van der Waals surface area contributed by atoms with Crippen LogP contribution < -0.4 is 15.4 Å². The summed E-state index contributed by atoms with van der Waals surface area (Å²) >= 11 is 0. The van der Waals surface area contributed by atoms with E-state index >= 15 is 0 Å². The van der Waals surface area contributed by atoms with Crippen LogP contribution in [0.3, 0.4) is 0 Å². The lowest BCUT2D eigenvalue weighted by Crippen LogP contribution is -2.29. The molecule has 1 aromatic carbocycles. The van der Waals surface area contributed by atoms with Gasteiger partial charge in [0.1, 0.15) is 5.75 Å². The molecule has 8 nitrogen and oxygen atoms in total. The van der Waals surface area contributed by atoms with E-state index in [0.717, 1.165) is 18.4 Å². The van der Waals surface area contributed by atoms with Crippen LogP contribution in [0, 0.1) is 5.92 Å². The van der Waals surface area contributed by atoms with Gasteiger partial charge in [0.2, 0.25) is 5.91 Å². The maximum Gasteiger partial charge on any atom is 0.258 e. The van der Waals surface area contributed by atoms with Crippen LogP contribution >= 0.6 is 0 Å². The number of aromatic nitrogens is 3. The Bertz CT molecular complexity index is 999. The molecule has 1 saturated carbocycles. The van der Waals surface area contributed by atoms with E-state index in [9.17, 15) is 9.59 Å². The van der Waals surface area contributed by atoms with Crippen molar-refractivity contribution in [1.29, 1.82) is 0 Å². The maximum atomic E-state index is 12.2. The number of hydrogen-bond donors (Lipinski definition) is 2. The van der Waals surface area contributed by atoms with Crippen LogP contribution in [0.1, 0.15) is 18.4 Å². The lowest BCUT2D eigenvalue weighted by molar-refractivity contribution is -0.123. The fraction of sp³-hybridized carbons (Fsp3) is 0.238. The number of hydrogen-bond acceptors (Lipinski definition) is 5. The number of benzene rings is 1. The molecular weight excluding hydrogens is 370 g/mol. The summed E-state index contributed by atoms with van der Waals surface area (Å²) in [6, 6.07) is 12.5. The standard InChI is InChI=1S/C21H21N5O3/c27-19(23-13-16-4-2-9-22-20(16)26-11-3-10-24-26)14-29-18-6-1-5-17(12-18)25-21(28)15-7-8-15/h1-6,9-12,15H,7-8,13-14H2,(H,23,27)(H,25,28). The highest BCUT2D eigenvalue weighted by Crippen LogP contribution is 2.30. The van der Waals surface area contributed by atoms with Crippen molar-refractivity contribution < 1.29 is 14.3 Å².